The van der Waals surface area contributed by atoms with Crippen molar-refractivity contribution < 1.29 is 14.0 Å². The highest BCUT2D eigenvalue weighted by Crippen LogP contribution is 2.20. The number of aromatic nitrogens is 3. The van der Waals surface area contributed by atoms with E-state index in [1.807, 2.05) is 24.3 Å². The molecule has 1 aromatic heterocycles. The van der Waals surface area contributed by atoms with Crippen LogP contribution in [0.1, 0.15) is 34.3 Å². The molecule has 2 heterocycles. The van der Waals surface area contributed by atoms with Crippen LogP contribution in [-0.2, 0) is 17.8 Å². The van der Waals surface area contributed by atoms with Crippen molar-refractivity contribution in [2.75, 3.05) is 19.6 Å². The van der Waals surface area contributed by atoms with E-state index in [-0.39, 0.29) is 23.5 Å². The summed E-state index contributed by atoms with van der Waals surface area (Å²) in [6.45, 7) is 2.10. The van der Waals surface area contributed by atoms with Crippen LogP contribution in [0, 0.1) is 11.7 Å². The average Bonchev–Trinajstić information content (AvgIpc) is 3.33. The largest absolute Gasteiger partial charge is 0.356 e. The molecule has 1 aliphatic heterocycles. The van der Waals surface area contributed by atoms with Gasteiger partial charge in [-0.1, -0.05) is 30.3 Å². The summed E-state index contributed by atoms with van der Waals surface area (Å²) < 4.78 is 15.4. The molecule has 2 aromatic carbocycles. The summed E-state index contributed by atoms with van der Waals surface area (Å²) in [4.78, 5) is 31.0. The van der Waals surface area contributed by atoms with Gasteiger partial charge in [0.25, 0.3) is 5.91 Å². The predicted molar refractivity (Wildman–Crippen MR) is 117 cm³/mol. The van der Waals surface area contributed by atoms with E-state index in [0.717, 1.165) is 5.56 Å². The Morgan fingerprint density at radius 3 is 2.50 bits per heavy atom. The quantitative estimate of drug-likeness (QED) is 0.619. The molecular weight excluding hydrogens is 409 g/mol. The molecule has 8 heteroatoms. The summed E-state index contributed by atoms with van der Waals surface area (Å²) >= 11 is 0. The minimum atomic E-state index is -0.250. The zero-order chi connectivity index (χ0) is 22.3. The molecule has 0 unspecified atom stereocenters. The van der Waals surface area contributed by atoms with Crippen LogP contribution in [0.2, 0.25) is 0 Å². The molecule has 0 atom stereocenters. The van der Waals surface area contributed by atoms with Gasteiger partial charge in [0.1, 0.15) is 18.5 Å². The molecule has 0 saturated carbocycles. The van der Waals surface area contributed by atoms with Gasteiger partial charge < -0.3 is 10.2 Å². The van der Waals surface area contributed by atoms with Crippen LogP contribution in [0.25, 0.3) is 0 Å². The number of hydrogen-bond acceptors (Lipinski definition) is 4. The third-order valence-corrected chi connectivity index (χ3v) is 5.82. The Kier molecular flexibility index (Phi) is 6.89. The zero-order valence-electron chi connectivity index (χ0n) is 17.8. The minimum Gasteiger partial charge on any atom is -0.356 e. The second-order valence-corrected chi connectivity index (χ2v) is 7.99. The molecule has 1 N–H and O–H groups in total. The van der Waals surface area contributed by atoms with Crippen molar-refractivity contribution in [3.8, 4) is 0 Å². The summed E-state index contributed by atoms with van der Waals surface area (Å²) in [6.07, 6.45) is 4.86. The van der Waals surface area contributed by atoms with Gasteiger partial charge in [0, 0.05) is 31.1 Å². The summed E-state index contributed by atoms with van der Waals surface area (Å²) in [7, 11) is 0. The van der Waals surface area contributed by atoms with Crippen LogP contribution in [0.3, 0.4) is 0 Å². The number of hydrogen-bond donors (Lipinski definition) is 1. The maximum atomic E-state index is 13.7. The second-order valence-electron chi connectivity index (χ2n) is 7.99. The topological polar surface area (TPSA) is 80.1 Å². The van der Waals surface area contributed by atoms with Crippen LogP contribution < -0.4 is 5.32 Å². The van der Waals surface area contributed by atoms with Crippen molar-refractivity contribution >= 4 is 11.8 Å². The van der Waals surface area contributed by atoms with Crippen LogP contribution in [0.4, 0.5) is 4.39 Å². The highest BCUT2D eigenvalue weighted by molar-refractivity contribution is 5.94. The molecule has 0 spiro atoms. The minimum absolute atomic E-state index is 0.0179. The van der Waals surface area contributed by atoms with Crippen molar-refractivity contribution in [3.63, 3.8) is 0 Å². The summed E-state index contributed by atoms with van der Waals surface area (Å²) in [5.74, 6) is -0.411. The van der Waals surface area contributed by atoms with Crippen molar-refractivity contribution in [2.45, 2.75) is 25.8 Å². The smallest absolute Gasteiger partial charge is 0.253 e. The fraction of sp³-hybridized carbons (Fsp3) is 0.333. The number of halogens is 1. The van der Waals surface area contributed by atoms with Gasteiger partial charge in [0.15, 0.2) is 0 Å². The Labute approximate surface area is 186 Å². The molecule has 1 aliphatic rings. The molecular formula is C24H26FN5O2. The van der Waals surface area contributed by atoms with Crippen LogP contribution >= 0.6 is 0 Å². The molecule has 0 radical (unpaired) electrons. The molecule has 1 fully saturated rings. The lowest BCUT2D eigenvalue weighted by Gasteiger charge is -2.31. The maximum Gasteiger partial charge on any atom is 0.253 e. The Morgan fingerprint density at radius 2 is 1.81 bits per heavy atom. The number of likely N-dealkylation sites (tertiary alicyclic amines) is 1. The van der Waals surface area contributed by atoms with Gasteiger partial charge in [-0.3, -0.25) is 9.59 Å². The number of rotatable bonds is 7. The standard InChI is InChI=1S/C24H26FN5O2/c25-22-4-2-1-3-19(22)9-12-27-23(31)20-10-13-29(14-11-20)24(32)21-7-5-18(6-8-21)15-30-17-26-16-28-30/h1-8,16-17,20H,9-15H2,(H,27,31). The average molecular weight is 436 g/mol. The van der Waals surface area contributed by atoms with Crippen molar-refractivity contribution in [1.29, 1.82) is 0 Å². The Hall–Kier alpha value is -3.55. The third-order valence-electron chi connectivity index (χ3n) is 5.82. The first-order chi connectivity index (χ1) is 15.6. The van der Waals surface area contributed by atoms with Gasteiger partial charge in [-0.25, -0.2) is 14.1 Å². The number of piperidine rings is 1. The van der Waals surface area contributed by atoms with E-state index in [9.17, 15) is 14.0 Å². The first-order valence-corrected chi connectivity index (χ1v) is 10.8. The first-order valence-electron chi connectivity index (χ1n) is 10.8. The molecule has 0 aliphatic carbocycles. The number of carbonyl (C=O) groups excluding carboxylic acids is 2. The SMILES string of the molecule is O=C(NCCc1ccccc1F)C1CCN(C(=O)c2ccc(Cn3cncn3)cc2)CC1. The van der Waals surface area contributed by atoms with Gasteiger partial charge >= 0.3 is 0 Å². The normalized spacial score (nSPS) is 14.3. The molecule has 0 bridgehead atoms. The van der Waals surface area contributed by atoms with E-state index in [1.165, 1.54) is 12.4 Å². The van der Waals surface area contributed by atoms with Crippen LogP contribution in [0.15, 0.2) is 61.2 Å². The molecule has 7 nitrogen and oxygen atoms in total. The zero-order valence-corrected chi connectivity index (χ0v) is 17.8. The maximum absolute atomic E-state index is 13.7. The van der Waals surface area contributed by atoms with Gasteiger partial charge in [0.05, 0.1) is 6.54 Å². The van der Waals surface area contributed by atoms with E-state index < -0.39 is 0 Å². The summed E-state index contributed by atoms with van der Waals surface area (Å²) in [5, 5.41) is 6.99. The first kappa shape index (κ1) is 21.7. The van der Waals surface area contributed by atoms with Gasteiger partial charge in [-0.2, -0.15) is 5.10 Å². The highest BCUT2D eigenvalue weighted by atomic mass is 19.1. The Balaban J connectivity index is 1.22. The van der Waals surface area contributed by atoms with E-state index in [0.29, 0.717) is 56.6 Å². The van der Waals surface area contributed by atoms with E-state index in [2.05, 4.69) is 15.4 Å². The van der Waals surface area contributed by atoms with Crippen LogP contribution in [-0.4, -0.2) is 51.1 Å². The lowest BCUT2D eigenvalue weighted by atomic mass is 9.95. The molecule has 3 aromatic rings. The fourth-order valence-electron chi connectivity index (χ4n) is 3.95. The lowest BCUT2D eigenvalue weighted by Crippen LogP contribution is -2.43. The number of carbonyl (C=O) groups is 2. The number of benzene rings is 2. The van der Waals surface area contributed by atoms with Gasteiger partial charge in [-0.15, -0.1) is 0 Å². The lowest BCUT2D eigenvalue weighted by molar-refractivity contribution is -0.126. The van der Waals surface area contributed by atoms with Crippen molar-refractivity contribution in [1.82, 2.24) is 25.0 Å². The van der Waals surface area contributed by atoms with E-state index in [4.69, 9.17) is 0 Å². The molecule has 1 saturated heterocycles. The number of nitrogens with zero attached hydrogens (tertiary/aromatic N) is 4. The molecule has 4 rings (SSSR count). The Bertz CT molecular complexity index is 1040. The van der Waals surface area contributed by atoms with Gasteiger partial charge in [0.2, 0.25) is 5.91 Å². The van der Waals surface area contributed by atoms with Crippen LogP contribution in [0.5, 0.6) is 0 Å². The third kappa shape index (κ3) is 5.38. The molecule has 2 amide bonds. The fourth-order valence-corrected chi connectivity index (χ4v) is 3.95. The number of nitrogens with one attached hydrogen (secondary N) is 1. The van der Waals surface area contributed by atoms with Crippen molar-refractivity contribution in [3.05, 3.63) is 83.7 Å². The predicted octanol–water partition coefficient (Wildman–Crippen LogP) is 2.68. The highest BCUT2D eigenvalue weighted by Gasteiger charge is 2.27. The van der Waals surface area contributed by atoms with E-state index >= 15 is 0 Å². The Morgan fingerprint density at radius 1 is 1.06 bits per heavy atom. The number of amides is 2. The molecule has 32 heavy (non-hydrogen) atoms. The molecule has 166 valence electrons. The van der Waals surface area contributed by atoms with E-state index in [1.54, 1.807) is 34.1 Å². The monoisotopic (exact) mass is 435 g/mol. The van der Waals surface area contributed by atoms with Crippen molar-refractivity contribution in [2.24, 2.45) is 5.92 Å². The van der Waals surface area contributed by atoms with Gasteiger partial charge in [-0.05, 0) is 48.6 Å². The second kappa shape index (κ2) is 10.2. The summed E-state index contributed by atoms with van der Waals surface area (Å²) in [6, 6.07) is 14.1. The summed E-state index contributed by atoms with van der Waals surface area (Å²) in [5.41, 5.74) is 2.28.